The Bertz CT molecular complexity index is 1090. The lowest BCUT2D eigenvalue weighted by Crippen LogP contribution is -2.58. The molecule has 2 aromatic carbocycles. The average molecular weight is 556 g/mol. The Morgan fingerprint density at radius 3 is 2.42 bits per heavy atom. The van der Waals surface area contributed by atoms with E-state index >= 15 is 0 Å². The first-order chi connectivity index (χ1) is 17.9. The number of hydrogen-bond donors (Lipinski definition) is 3. The van der Waals surface area contributed by atoms with E-state index in [1.807, 2.05) is 30.3 Å². The van der Waals surface area contributed by atoms with Crippen LogP contribution in [-0.2, 0) is 27.4 Å². The highest BCUT2D eigenvalue weighted by Crippen LogP contribution is 2.27. The number of aliphatic hydroxyl groups is 1. The number of carbonyl (C=O) groups is 2. The second-order valence-corrected chi connectivity index (χ2v) is 10.3. The molecule has 3 rings (SSSR count). The molecule has 0 aliphatic carbocycles. The van der Waals surface area contributed by atoms with Crippen LogP contribution in [0.4, 0.5) is 13.2 Å². The molecule has 1 aliphatic rings. The van der Waals surface area contributed by atoms with Gasteiger partial charge in [-0.15, -0.1) is 0 Å². The van der Waals surface area contributed by atoms with Crippen LogP contribution >= 0.6 is 11.6 Å². The molecule has 1 fully saturated rings. The van der Waals surface area contributed by atoms with Gasteiger partial charge >= 0.3 is 6.18 Å². The van der Waals surface area contributed by atoms with Gasteiger partial charge in [0.25, 0.3) is 0 Å². The number of ether oxygens (including phenoxy) is 1. The summed E-state index contributed by atoms with van der Waals surface area (Å²) in [5, 5.41) is 12.7. The SMILES string of the molecule is CC(C)[C@H](NC(=O)[C@@H]1C[C@@H](OCc2ccccc2)CN1C(=O)[C@@H](N)Cc1cccc(Cl)c1)[C@H](O)C(F)(F)F. The standard InChI is InChI=1S/C27H33ClF3N3O4/c1-16(2)23(24(35)27(29,30)31)33-25(36)22-13-20(38-15-17-7-4-3-5-8-17)14-34(22)26(37)21(32)12-18-9-6-10-19(28)11-18/h3-11,16,20-24,35H,12-15,32H2,1-2H3,(H,33,36)/t20-,21+,22+,23+,24+/m1/s1. The van der Waals surface area contributed by atoms with Crippen LogP contribution in [0.5, 0.6) is 0 Å². The summed E-state index contributed by atoms with van der Waals surface area (Å²) in [6.45, 7) is 3.20. The third-order valence-electron chi connectivity index (χ3n) is 6.54. The Hall–Kier alpha value is -2.66. The first-order valence-electron chi connectivity index (χ1n) is 12.4. The highest BCUT2D eigenvalue weighted by atomic mass is 35.5. The van der Waals surface area contributed by atoms with Gasteiger partial charge in [0.15, 0.2) is 6.10 Å². The number of halogens is 4. The lowest BCUT2D eigenvalue weighted by atomic mass is 9.97. The van der Waals surface area contributed by atoms with Crippen molar-refractivity contribution in [3.8, 4) is 0 Å². The van der Waals surface area contributed by atoms with E-state index in [1.165, 1.54) is 18.7 Å². The second kappa shape index (κ2) is 12.9. The number of alkyl halides is 3. The van der Waals surface area contributed by atoms with Gasteiger partial charge in [0.05, 0.1) is 24.8 Å². The molecule has 0 radical (unpaired) electrons. The first kappa shape index (κ1) is 29.9. The van der Waals surface area contributed by atoms with Gasteiger partial charge in [-0.3, -0.25) is 9.59 Å². The largest absolute Gasteiger partial charge is 0.416 e. The van der Waals surface area contributed by atoms with Crippen LogP contribution in [0.3, 0.4) is 0 Å². The van der Waals surface area contributed by atoms with Gasteiger partial charge < -0.3 is 25.8 Å². The lowest BCUT2D eigenvalue weighted by molar-refractivity contribution is -0.215. The van der Waals surface area contributed by atoms with Crippen LogP contribution < -0.4 is 11.1 Å². The topological polar surface area (TPSA) is 105 Å². The molecule has 4 N–H and O–H groups in total. The number of benzene rings is 2. The molecule has 0 unspecified atom stereocenters. The maximum atomic E-state index is 13.4. The Morgan fingerprint density at radius 2 is 1.82 bits per heavy atom. The molecule has 0 spiro atoms. The van der Waals surface area contributed by atoms with Crippen molar-refractivity contribution in [1.82, 2.24) is 10.2 Å². The van der Waals surface area contributed by atoms with E-state index < -0.39 is 54.2 Å². The Balaban J connectivity index is 1.78. The van der Waals surface area contributed by atoms with Crippen molar-refractivity contribution in [3.05, 3.63) is 70.7 Å². The molecule has 1 heterocycles. The van der Waals surface area contributed by atoms with E-state index in [4.69, 9.17) is 22.1 Å². The molecule has 1 aliphatic heterocycles. The molecule has 5 atom stereocenters. The van der Waals surface area contributed by atoms with Crippen molar-refractivity contribution in [2.24, 2.45) is 11.7 Å². The van der Waals surface area contributed by atoms with Gasteiger partial charge in [0.2, 0.25) is 11.8 Å². The number of likely N-dealkylation sites (tertiary alicyclic amines) is 1. The Labute approximate surface area is 225 Å². The van der Waals surface area contributed by atoms with Crippen LogP contribution in [0.15, 0.2) is 54.6 Å². The van der Waals surface area contributed by atoms with Crippen LogP contribution in [-0.4, -0.2) is 64.9 Å². The molecule has 0 bridgehead atoms. The van der Waals surface area contributed by atoms with Crippen LogP contribution in [0.1, 0.15) is 31.4 Å². The van der Waals surface area contributed by atoms with Crippen molar-refractivity contribution >= 4 is 23.4 Å². The van der Waals surface area contributed by atoms with Crippen molar-refractivity contribution in [1.29, 1.82) is 0 Å². The Kier molecular flexibility index (Phi) is 10.2. The molecule has 0 aromatic heterocycles. The van der Waals surface area contributed by atoms with E-state index in [9.17, 15) is 27.9 Å². The van der Waals surface area contributed by atoms with Gasteiger partial charge in [-0.05, 0) is 35.6 Å². The molecule has 7 nitrogen and oxygen atoms in total. The predicted molar refractivity (Wildman–Crippen MR) is 137 cm³/mol. The average Bonchev–Trinajstić information content (AvgIpc) is 3.29. The highest BCUT2D eigenvalue weighted by Gasteiger charge is 2.47. The number of aliphatic hydroxyl groups excluding tert-OH is 1. The molecule has 2 amide bonds. The summed E-state index contributed by atoms with van der Waals surface area (Å²) in [4.78, 5) is 27.9. The van der Waals surface area contributed by atoms with Crippen molar-refractivity contribution in [2.75, 3.05) is 6.54 Å². The monoisotopic (exact) mass is 555 g/mol. The predicted octanol–water partition coefficient (Wildman–Crippen LogP) is 3.46. The van der Waals surface area contributed by atoms with Gasteiger partial charge in [0.1, 0.15) is 6.04 Å². The van der Waals surface area contributed by atoms with Gasteiger partial charge in [-0.1, -0.05) is 67.9 Å². The van der Waals surface area contributed by atoms with Crippen LogP contribution in [0, 0.1) is 5.92 Å². The quantitative estimate of drug-likeness (QED) is 0.416. The van der Waals surface area contributed by atoms with E-state index in [1.54, 1.807) is 24.3 Å². The normalized spacial score (nSPS) is 20.3. The summed E-state index contributed by atoms with van der Waals surface area (Å²) in [6, 6.07) is 12.5. The van der Waals surface area contributed by atoms with E-state index in [-0.39, 0.29) is 26.0 Å². The summed E-state index contributed by atoms with van der Waals surface area (Å²) < 4.78 is 45.7. The summed E-state index contributed by atoms with van der Waals surface area (Å²) >= 11 is 6.03. The number of rotatable bonds is 10. The van der Waals surface area contributed by atoms with Gasteiger partial charge in [0, 0.05) is 18.0 Å². The summed E-state index contributed by atoms with van der Waals surface area (Å²) in [5.41, 5.74) is 7.83. The lowest BCUT2D eigenvalue weighted by Gasteiger charge is -2.32. The zero-order chi connectivity index (χ0) is 28.0. The third kappa shape index (κ3) is 7.92. The molecule has 2 aromatic rings. The van der Waals surface area contributed by atoms with Crippen molar-refractivity contribution in [3.63, 3.8) is 0 Å². The molecule has 0 saturated carbocycles. The third-order valence-corrected chi connectivity index (χ3v) is 6.78. The van der Waals surface area contributed by atoms with E-state index in [0.717, 1.165) is 11.1 Å². The summed E-state index contributed by atoms with van der Waals surface area (Å²) in [6.07, 6.45) is -8.00. The second-order valence-electron chi connectivity index (χ2n) is 9.87. The fourth-order valence-corrected chi connectivity index (χ4v) is 4.70. The maximum absolute atomic E-state index is 13.4. The smallest absolute Gasteiger partial charge is 0.382 e. The number of nitrogens with one attached hydrogen (secondary N) is 1. The van der Waals surface area contributed by atoms with Gasteiger partial charge in [-0.2, -0.15) is 13.2 Å². The van der Waals surface area contributed by atoms with Crippen LogP contribution in [0.25, 0.3) is 0 Å². The zero-order valence-corrected chi connectivity index (χ0v) is 22.0. The van der Waals surface area contributed by atoms with Crippen LogP contribution in [0.2, 0.25) is 5.02 Å². The molecular weight excluding hydrogens is 523 g/mol. The molecule has 11 heteroatoms. The molecule has 208 valence electrons. The highest BCUT2D eigenvalue weighted by molar-refractivity contribution is 6.30. The fourth-order valence-electron chi connectivity index (χ4n) is 4.49. The Morgan fingerprint density at radius 1 is 1.16 bits per heavy atom. The zero-order valence-electron chi connectivity index (χ0n) is 21.2. The van der Waals surface area contributed by atoms with Crippen molar-refractivity contribution < 1.29 is 32.6 Å². The summed E-state index contributed by atoms with van der Waals surface area (Å²) in [7, 11) is 0. The van der Waals surface area contributed by atoms with E-state index in [0.29, 0.717) is 5.02 Å². The number of nitrogens with two attached hydrogens (primary N) is 1. The number of carbonyl (C=O) groups excluding carboxylic acids is 2. The number of hydrogen-bond acceptors (Lipinski definition) is 5. The molecule has 38 heavy (non-hydrogen) atoms. The fraction of sp³-hybridized carbons (Fsp3) is 0.481. The summed E-state index contributed by atoms with van der Waals surface area (Å²) in [5.74, 6) is -2.06. The molecule has 1 saturated heterocycles. The van der Waals surface area contributed by atoms with E-state index in [2.05, 4.69) is 5.32 Å². The minimum atomic E-state index is -4.92. The maximum Gasteiger partial charge on any atom is 0.416 e. The first-order valence-corrected chi connectivity index (χ1v) is 12.8. The number of amides is 2. The minimum Gasteiger partial charge on any atom is -0.382 e. The minimum absolute atomic E-state index is 0.0428. The molecular formula is C27H33ClF3N3O4. The van der Waals surface area contributed by atoms with Gasteiger partial charge in [-0.25, -0.2) is 0 Å². The van der Waals surface area contributed by atoms with Crippen molar-refractivity contribution in [2.45, 2.75) is 69.8 Å². The number of nitrogens with zero attached hydrogens (tertiary/aromatic N) is 1.